The number of nitrogens with zero attached hydrogens (tertiary/aromatic N) is 5. The standard InChI is InChI=1S/C29H39N7O/c1-20(16-21(2)25(10-13-30-4)26-8-9-27(31-5)34-33-26)19-36-14-11-23(12-15-36)28-22(3)17-24(18-32-28)29(37)35(6)7/h8-11,13,16-18,27,31,34H,2,12,14-15,19H2,1,3-7H3/b20-16+,25-10+,30-13?. The van der Waals surface area contributed by atoms with Gasteiger partial charge in [-0.2, -0.15) is 5.10 Å². The molecule has 1 aromatic heterocycles. The molecular weight excluding hydrogens is 462 g/mol. The second-order valence-corrected chi connectivity index (χ2v) is 9.56. The number of carbonyl (C=O) groups excluding carboxylic acids is 1. The van der Waals surface area contributed by atoms with Crippen molar-refractivity contribution in [1.29, 1.82) is 0 Å². The Morgan fingerprint density at radius 1 is 1.41 bits per heavy atom. The Hall–Kier alpha value is -3.62. The number of pyridine rings is 1. The van der Waals surface area contributed by atoms with E-state index < -0.39 is 0 Å². The molecule has 37 heavy (non-hydrogen) atoms. The van der Waals surface area contributed by atoms with Crippen LogP contribution in [-0.2, 0) is 0 Å². The van der Waals surface area contributed by atoms with E-state index in [0.717, 1.165) is 54.2 Å². The average Bonchev–Trinajstić information content (AvgIpc) is 2.89. The molecule has 0 aromatic carbocycles. The van der Waals surface area contributed by atoms with Crippen LogP contribution in [0.1, 0.15) is 35.0 Å². The maximum absolute atomic E-state index is 12.2. The Morgan fingerprint density at radius 3 is 2.76 bits per heavy atom. The van der Waals surface area contributed by atoms with Gasteiger partial charge in [-0.15, -0.1) is 0 Å². The molecule has 2 aliphatic heterocycles. The zero-order valence-corrected chi connectivity index (χ0v) is 22.9. The smallest absolute Gasteiger partial charge is 0.254 e. The van der Waals surface area contributed by atoms with E-state index in [1.807, 2.05) is 38.3 Å². The molecule has 0 fully saturated rings. The van der Waals surface area contributed by atoms with Crippen LogP contribution in [0.3, 0.4) is 0 Å². The fourth-order valence-electron chi connectivity index (χ4n) is 4.35. The molecule has 8 heteroatoms. The van der Waals surface area contributed by atoms with Gasteiger partial charge in [-0.3, -0.25) is 30.4 Å². The van der Waals surface area contributed by atoms with Gasteiger partial charge < -0.3 is 4.90 Å². The number of hydrazone groups is 1. The van der Waals surface area contributed by atoms with Crippen LogP contribution in [0.5, 0.6) is 0 Å². The van der Waals surface area contributed by atoms with Gasteiger partial charge in [0.2, 0.25) is 0 Å². The second kappa shape index (κ2) is 13.1. The third kappa shape index (κ3) is 7.44. The molecule has 0 radical (unpaired) electrons. The first kappa shape index (κ1) is 28.0. The third-order valence-electron chi connectivity index (χ3n) is 6.32. The number of carbonyl (C=O) groups is 1. The van der Waals surface area contributed by atoms with Crippen molar-refractivity contribution in [2.45, 2.75) is 26.4 Å². The molecule has 0 aliphatic carbocycles. The van der Waals surface area contributed by atoms with E-state index in [2.05, 4.69) is 56.4 Å². The number of hydrogen-bond acceptors (Lipinski definition) is 7. The Labute approximate surface area is 220 Å². The van der Waals surface area contributed by atoms with Crippen LogP contribution in [0.15, 0.2) is 76.0 Å². The minimum absolute atomic E-state index is 0.0184. The lowest BCUT2D eigenvalue weighted by Gasteiger charge is -2.27. The Morgan fingerprint density at radius 2 is 2.19 bits per heavy atom. The van der Waals surface area contributed by atoms with Gasteiger partial charge in [-0.05, 0) is 68.3 Å². The lowest BCUT2D eigenvalue weighted by atomic mass is 9.98. The predicted octanol–water partition coefficient (Wildman–Crippen LogP) is 3.37. The summed E-state index contributed by atoms with van der Waals surface area (Å²) in [4.78, 5) is 25.0. The molecule has 1 atom stereocenters. The van der Waals surface area contributed by atoms with E-state index in [4.69, 9.17) is 0 Å². The van der Waals surface area contributed by atoms with Gasteiger partial charge in [0, 0.05) is 58.8 Å². The predicted molar refractivity (Wildman–Crippen MR) is 154 cm³/mol. The van der Waals surface area contributed by atoms with Crippen molar-refractivity contribution >= 4 is 23.4 Å². The molecule has 2 aliphatic rings. The molecule has 1 amide bonds. The second-order valence-electron chi connectivity index (χ2n) is 9.56. The summed E-state index contributed by atoms with van der Waals surface area (Å²) in [5.41, 5.74) is 10.8. The molecular formula is C29H39N7O. The summed E-state index contributed by atoms with van der Waals surface area (Å²) >= 11 is 0. The van der Waals surface area contributed by atoms with E-state index in [1.165, 1.54) is 11.1 Å². The van der Waals surface area contributed by atoms with E-state index in [1.54, 1.807) is 38.5 Å². The van der Waals surface area contributed by atoms with E-state index >= 15 is 0 Å². The quantitative estimate of drug-likeness (QED) is 0.400. The molecule has 1 aromatic rings. The van der Waals surface area contributed by atoms with Crippen molar-refractivity contribution < 1.29 is 4.79 Å². The summed E-state index contributed by atoms with van der Waals surface area (Å²) in [7, 11) is 7.14. The molecule has 0 spiro atoms. The minimum Gasteiger partial charge on any atom is -0.345 e. The van der Waals surface area contributed by atoms with Crippen molar-refractivity contribution in [3.05, 3.63) is 82.8 Å². The van der Waals surface area contributed by atoms with Gasteiger partial charge in [0.25, 0.3) is 5.91 Å². The third-order valence-corrected chi connectivity index (χ3v) is 6.32. The van der Waals surface area contributed by atoms with Crippen LogP contribution in [0.4, 0.5) is 0 Å². The summed E-state index contributed by atoms with van der Waals surface area (Å²) < 4.78 is 0. The average molecular weight is 502 g/mol. The SMILES string of the molecule is C=C(/C=C(\C)CN1CC=C(c2ncc(C(=O)N(C)C)cc2C)CC1)/C(=C\C=NC)C1=NNC(NC)C=C1. The molecule has 2 N–H and O–H groups in total. The number of aliphatic imine (C=N–C) groups is 1. The number of aryl methyl sites for hydroxylation is 1. The molecule has 196 valence electrons. The molecule has 0 bridgehead atoms. The lowest BCUT2D eigenvalue weighted by molar-refractivity contribution is 0.0827. The van der Waals surface area contributed by atoms with Crippen LogP contribution in [0.2, 0.25) is 0 Å². The number of hydrogen-bond donors (Lipinski definition) is 2. The number of amides is 1. The van der Waals surface area contributed by atoms with Crippen molar-refractivity contribution in [3.8, 4) is 0 Å². The highest BCUT2D eigenvalue weighted by Crippen LogP contribution is 2.25. The van der Waals surface area contributed by atoms with Crippen molar-refractivity contribution in [2.24, 2.45) is 10.1 Å². The van der Waals surface area contributed by atoms with Crippen LogP contribution < -0.4 is 10.7 Å². The summed E-state index contributed by atoms with van der Waals surface area (Å²) in [6.45, 7) is 11.1. The largest absolute Gasteiger partial charge is 0.345 e. The lowest BCUT2D eigenvalue weighted by Crippen LogP contribution is -2.38. The first-order chi connectivity index (χ1) is 17.7. The molecule has 8 nitrogen and oxygen atoms in total. The summed E-state index contributed by atoms with van der Waals surface area (Å²) in [6.07, 6.45) is 14.7. The molecule has 3 rings (SSSR count). The summed E-state index contributed by atoms with van der Waals surface area (Å²) in [5.74, 6) is -0.0280. The maximum Gasteiger partial charge on any atom is 0.254 e. The van der Waals surface area contributed by atoms with Crippen molar-refractivity contribution in [1.82, 2.24) is 25.5 Å². The van der Waals surface area contributed by atoms with E-state index in [-0.39, 0.29) is 12.1 Å². The van der Waals surface area contributed by atoms with E-state index in [0.29, 0.717) is 5.56 Å². The summed E-state index contributed by atoms with van der Waals surface area (Å²) in [6, 6.07) is 1.94. The maximum atomic E-state index is 12.2. The fraction of sp³-hybridized carbons (Fsp3) is 0.379. The van der Waals surface area contributed by atoms with E-state index in [9.17, 15) is 4.79 Å². The minimum atomic E-state index is -0.0280. The topological polar surface area (TPSA) is 85.2 Å². The monoisotopic (exact) mass is 501 g/mol. The molecule has 1 unspecified atom stereocenters. The highest BCUT2D eigenvalue weighted by molar-refractivity contribution is 6.13. The zero-order valence-electron chi connectivity index (χ0n) is 22.9. The summed E-state index contributed by atoms with van der Waals surface area (Å²) in [5, 5.41) is 7.63. The van der Waals surface area contributed by atoms with Gasteiger partial charge in [-0.25, -0.2) is 0 Å². The van der Waals surface area contributed by atoms with Gasteiger partial charge in [-0.1, -0.05) is 24.3 Å². The fourth-order valence-corrected chi connectivity index (χ4v) is 4.35. The van der Waals surface area contributed by atoms with Crippen molar-refractivity contribution in [2.75, 3.05) is 47.8 Å². The number of aromatic nitrogens is 1. The Balaban J connectivity index is 1.66. The number of nitrogens with one attached hydrogen (secondary N) is 2. The Kier molecular flexibility index (Phi) is 9.88. The number of rotatable bonds is 9. The molecule has 0 saturated carbocycles. The number of allylic oxidation sites excluding steroid dienone is 5. The van der Waals surface area contributed by atoms with Crippen molar-refractivity contribution in [3.63, 3.8) is 0 Å². The van der Waals surface area contributed by atoms with Gasteiger partial charge in [0.15, 0.2) is 0 Å². The van der Waals surface area contributed by atoms with Gasteiger partial charge in [0.05, 0.1) is 17.0 Å². The zero-order chi connectivity index (χ0) is 26.9. The first-order valence-corrected chi connectivity index (χ1v) is 12.5. The molecule has 0 saturated heterocycles. The Bertz CT molecular complexity index is 1200. The number of likely N-dealkylation sites (N-methyl/N-ethyl adjacent to an activating group) is 1. The van der Waals surface area contributed by atoms with Gasteiger partial charge >= 0.3 is 0 Å². The van der Waals surface area contributed by atoms with Gasteiger partial charge in [0.1, 0.15) is 6.17 Å². The first-order valence-electron chi connectivity index (χ1n) is 12.5. The normalized spacial score (nSPS) is 18.9. The highest BCUT2D eigenvalue weighted by atomic mass is 16.2. The van der Waals surface area contributed by atoms with Crippen LogP contribution in [0.25, 0.3) is 5.57 Å². The molecule has 3 heterocycles. The highest BCUT2D eigenvalue weighted by Gasteiger charge is 2.18. The van der Waals surface area contributed by atoms with Crippen LogP contribution in [0, 0.1) is 6.92 Å². The van der Waals surface area contributed by atoms with Crippen LogP contribution in [-0.4, -0.2) is 86.6 Å². The van der Waals surface area contributed by atoms with Crippen LogP contribution >= 0.6 is 0 Å².